The number of nitrogens with zero attached hydrogens (tertiary/aromatic N) is 4. The predicted octanol–water partition coefficient (Wildman–Crippen LogP) is 1.10. The quantitative estimate of drug-likeness (QED) is 0.736. The molecule has 0 atom stereocenters. The highest BCUT2D eigenvalue weighted by Crippen LogP contribution is 2.20. The third kappa shape index (κ3) is 4.33. The molecule has 2 heterocycles. The van der Waals surface area contributed by atoms with Gasteiger partial charge in [-0.3, -0.25) is 4.79 Å². The van der Waals surface area contributed by atoms with Gasteiger partial charge in [-0.25, -0.2) is 8.78 Å². The maximum Gasteiger partial charge on any atom is 0.261 e. The lowest BCUT2D eigenvalue weighted by Crippen LogP contribution is -2.37. The largest absolute Gasteiger partial charge is 0.375 e. The highest BCUT2D eigenvalue weighted by Gasteiger charge is 2.22. The second kappa shape index (κ2) is 7.44. The van der Waals surface area contributed by atoms with Crippen LogP contribution in [-0.4, -0.2) is 61.3 Å². The molecule has 0 radical (unpaired) electrons. The Morgan fingerprint density at radius 2 is 2.23 bits per heavy atom. The highest BCUT2D eigenvalue weighted by atomic mass is 19.3. The van der Waals surface area contributed by atoms with E-state index >= 15 is 0 Å². The van der Waals surface area contributed by atoms with E-state index < -0.39 is 13.0 Å². The molecule has 22 heavy (non-hydrogen) atoms. The van der Waals surface area contributed by atoms with Crippen LogP contribution in [0.4, 0.5) is 14.6 Å². The van der Waals surface area contributed by atoms with Crippen LogP contribution in [0.2, 0.25) is 0 Å². The average Bonchev–Trinajstić information content (AvgIpc) is 2.50. The number of hydrogen-bond acceptors (Lipinski definition) is 5. The molecule has 1 aliphatic heterocycles. The summed E-state index contributed by atoms with van der Waals surface area (Å²) in [5, 5.41) is 8.31. The van der Waals surface area contributed by atoms with Gasteiger partial charge in [-0.2, -0.15) is 5.10 Å². The Morgan fingerprint density at radius 1 is 1.45 bits per heavy atom. The van der Waals surface area contributed by atoms with Crippen LogP contribution in [0.3, 0.4) is 0 Å². The van der Waals surface area contributed by atoms with Gasteiger partial charge < -0.3 is 14.5 Å². The number of halogens is 2. The maximum atomic E-state index is 12.1. The number of fused-ring (bicyclic) bond motifs is 1. The van der Waals surface area contributed by atoms with Crippen molar-refractivity contribution in [3.8, 4) is 0 Å². The lowest BCUT2D eigenvalue weighted by molar-refractivity contribution is -0.133. The Balaban J connectivity index is 1.90. The minimum absolute atomic E-state index is 0.0179. The normalized spacial score (nSPS) is 14.1. The van der Waals surface area contributed by atoms with Crippen LogP contribution in [0, 0.1) is 0 Å². The topological polar surface area (TPSA) is 58.6 Å². The lowest BCUT2D eigenvalue weighted by Gasteiger charge is -2.28. The first-order chi connectivity index (χ1) is 10.5. The molecule has 2 rings (SSSR count). The fourth-order valence-electron chi connectivity index (χ4n) is 2.24. The van der Waals surface area contributed by atoms with Gasteiger partial charge in [0.1, 0.15) is 6.61 Å². The number of aromatic nitrogens is 2. The van der Waals surface area contributed by atoms with Gasteiger partial charge >= 0.3 is 0 Å². The monoisotopic (exact) mass is 314 g/mol. The second-order valence-electron chi connectivity index (χ2n) is 5.35. The van der Waals surface area contributed by atoms with Gasteiger partial charge in [-0.15, -0.1) is 5.10 Å². The van der Waals surface area contributed by atoms with E-state index in [1.54, 1.807) is 4.90 Å². The number of carbonyl (C=O) groups is 1. The number of rotatable bonds is 6. The van der Waals surface area contributed by atoms with Gasteiger partial charge in [-0.1, -0.05) is 0 Å². The summed E-state index contributed by atoms with van der Waals surface area (Å²) in [7, 11) is 3.75. The third-order valence-corrected chi connectivity index (χ3v) is 3.44. The summed E-state index contributed by atoms with van der Waals surface area (Å²) in [6, 6.07) is 1.93. The molecule has 1 aromatic rings. The zero-order valence-corrected chi connectivity index (χ0v) is 12.8. The van der Waals surface area contributed by atoms with E-state index in [0.29, 0.717) is 19.5 Å². The van der Waals surface area contributed by atoms with Gasteiger partial charge in [-0.05, 0) is 11.6 Å². The van der Waals surface area contributed by atoms with E-state index in [1.165, 1.54) is 0 Å². The van der Waals surface area contributed by atoms with Gasteiger partial charge in [0.2, 0.25) is 5.91 Å². The van der Waals surface area contributed by atoms with E-state index in [-0.39, 0.29) is 18.9 Å². The first-order valence-corrected chi connectivity index (χ1v) is 7.14. The molecule has 0 unspecified atom stereocenters. The molecule has 0 N–H and O–H groups in total. The first kappa shape index (κ1) is 16.5. The van der Waals surface area contributed by atoms with Crippen molar-refractivity contribution >= 4 is 11.7 Å². The van der Waals surface area contributed by atoms with Crippen molar-refractivity contribution in [2.24, 2.45) is 0 Å². The van der Waals surface area contributed by atoms with Gasteiger partial charge in [0, 0.05) is 33.6 Å². The van der Waals surface area contributed by atoms with Crippen molar-refractivity contribution < 1.29 is 18.3 Å². The fraction of sp³-hybridized carbons (Fsp3) is 0.643. The van der Waals surface area contributed by atoms with Crippen LogP contribution in [0.15, 0.2) is 6.07 Å². The number of carbonyl (C=O) groups excluding carboxylic acids is 1. The molecule has 6 nitrogen and oxygen atoms in total. The molecule has 0 aromatic carbocycles. The first-order valence-electron chi connectivity index (χ1n) is 7.14. The number of ether oxygens (including phenoxy) is 1. The van der Waals surface area contributed by atoms with E-state index in [0.717, 1.165) is 17.1 Å². The van der Waals surface area contributed by atoms with Crippen molar-refractivity contribution in [2.75, 3.05) is 38.8 Å². The molecule has 1 aromatic heterocycles. The Kier molecular flexibility index (Phi) is 5.59. The molecule has 0 bridgehead atoms. The zero-order valence-electron chi connectivity index (χ0n) is 12.8. The van der Waals surface area contributed by atoms with Crippen LogP contribution >= 0.6 is 0 Å². The lowest BCUT2D eigenvalue weighted by atomic mass is 10.1. The summed E-state index contributed by atoms with van der Waals surface area (Å²) in [6.07, 6.45) is -1.74. The summed E-state index contributed by atoms with van der Waals surface area (Å²) < 4.78 is 28.6. The molecular formula is C14H20F2N4O2. The van der Waals surface area contributed by atoms with Crippen LogP contribution < -0.4 is 4.90 Å². The average molecular weight is 314 g/mol. The van der Waals surface area contributed by atoms with Crippen molar-refractivity contribution in [1.82, 2.24) is 15.1 Å². The van der Waals surface area contributed by atoms with Crippen molar-refractivity contribution in [3.05, 3.63) is 17.3 Å². The highest BCUT2D eigenvalue weighted by molar-refractivity contribution is 5.76. The minimum Gasteiger partial charge on any atom is -0.375 e. The number of hydrogen-bond donors (Lipinski definition) is 0. The Labute approximate surface area is 128 Å². The molecule has 0 fully saturated rings. The van der Waals surface area contributed by atoms with Crippen LogP contribution in [0.25, 0.3) is 0 Å². The zero-order chi connectivity index (χ0) is 16.1. The standard InChI is InChI=1S/C14H20F2N4O2/c1-19(2)13-7-10-8-20(5-3-11(10)17-18-13)14(21)4-6-22-9-12(15)16/h7,12H,3-6,8-9H2,1-2H3. The Morgan fingerprint density at radius 3 is 2.91 bits per heavy atom. The molecule has 0 aliphatic carbocycles. The van der Waals surface area contributed by atoms with Gasteiger partial charge in [0.15, 0.2) is 5.82 Å². The number of amides is 1. The molecule has 0 spiro atoms. The molecule has 8 heteroatoms. The summed E-state index contributed by atoms with van der Waals surface area (Å²) in [5.74, 6) is 0.649. The van der Waals surface area contributed by atoms with Crippen LogP contribution in [-0.2, 0) is 22.5 Å². The van der Waals surface area contributed by atoms with Crippen molar-refractivity contribution in [3.63, 3.8) is 0 Å². The third-order valence-electron chi connectivity index (χ3n) is 3.44. The summed E-state index contributed by atoms with van der Waals surface area (Å²) in [4.78, 5) is 15.6. The van der Waals surface area contributed by atoms with E-state index in [2.05, 4.69) is 10.2 Å². The van der Waals surface area contributed by atoms with Gasteiger partial charge in [0.25, 0.3) is 6.43 Å². The Bertz CT molecular complexity index is 526. The van der Waals surface area contributed by atoms with Gasteiger partial charge in [0.05, 0.1) is 18.7 Å². The Hall–Kier alpha value is -1.83. The second-order valence-corrected chi connectivity index (χ2v) is 5.35. The summed E-state index contributed by atoms with van der Waals surface area (Å²) in [6.45, 7) is 0.429. The van der Waals surface area contributed by atoms with E-state index in [4.69, 9.17) is 4.74 Å². The number of alkyl halides is 2. The van der Waals surface area contributed by atoms with Crippen LogP contribution in [0.5, 0.6) is 0 Å². The van der Waals surface area contributed by atoms with Crippen LogP contribution in [0.1, 0.15) is 17.7 Å². The van der Waals surface area contributed by atoms with E-state index in [9.17, 15) is 13.6 Å². The van der Waals surface area contributed by atoms with Crippen molar-refractivity contribution in [1.29, 1.82) is 0 Å². The molecular weight excluding hydrogens is 294 g/mol. The molecule has 0 saturated heterocycles. The molecule has 1 aliphatic rings. The number of anilines is 1. The summed E-state index contributed by atoms with van der Waals surface area (Å²) >= 11 is 0. The fourth-order valence-corrected chi connectivity index (χ4v) is 2.24. The molecule has 0 saturated carbocycles. The van der Waals surface area contributed by atoms with Crippen molar-refractivity contribution in [2.45, 2.75) is 25.8 Å². The molecule has 1 amide bonds. The SMILES string of the molecule is CN(C)c1cc2c(nn1)CCN(C(=O)CCOCC(F)F)C2. The maximum absolute atomic E-state index is 12.1. The van der Waals surface area contributed by atoms with E-state index in [1.807, 2.05) is 25.1 Å². The minimum atomic E-state index is -2.50. The molecule has 122 valence electrons. The summed E-state index contributed by atoms with van der Waals surface area (Å²) in [5.41, 5.74) is 1.88. The smallest absolute Gasteiger partial charge is 0.261 e. The predicted molar refractivity (Wildman–Crippen MR) is 76.9 cm³/mol.